The van der Waals surface area contributed by atoms with Crippen molar-refractivity contribution in [2.75, 3.05) is 18.1 Å². The van der Waals surface area contributed by atoms with Crippen molar-refractivity contribution >= 4 is 23.4 Å². The van der Waals surface area contributed by atoms with Gasteiger partial charge in [0.25, 0.3) is 5.91 Å². The quantitative estimate of drug-likeness (QED) is 0.798. The smallest absolute Gasteiger partial charge is 0.257 e. The molecule has 0 radical (unpaired) electrons. The Morgan fingerprint density at radius 2 is 2.08 bits per heavy atom. The van der Waals surface area contributed by atoms with E-state index in [4.69, 9.17) is 4.84 Å². The minimum Gasteiger partial charge on any atom is -0.315 e. The molecule has 3 rings (SSSR count). The van der Waals surface area contributed by atoms with Crippen LogP contribution in [0, 0.1) is 0 Å². The van der Waals surface area contributed by atoms with Crippen LogP contribution >= 0.6 is 0 Å². The molecule has 1 aromatic carbocycles. The third kappa shape index (κ3) is 3.00. The van der Waals surface area contributed by atoms with Crippen LogP contribution in [-0.2, 0) is 14.4 Å². The minimum absolute atomic E-state index is 0.0292. The summed E-state index contributed by atoms with van der Waals surface area (Å²) in [7, 11) is 0. The van der Waals surface area contributed by atoms with E-state index < -0.39 is 5.66 Å². The lowest BCUT2D eigenvalue weighted by Gasteiger charge is -2.48. The lowest BCUT2D eigenvalue weighted by Crippen LogP contribution is -2.62. The van der Waals surface area contributed by atoms with Crippen LogP contribution in [0.1, 0.15) is 49.9 Å². The largest absolute Gasteiger partial charge is 0.315 e. The number of fused-ring (bicyclic) bond motifs is 3. The van der Waals surface area contributed by atoms with E-state index in [2.05, 4.69) is 5.48 Å². The summed E-state index contributed by atoms with van der Waals surface area (Å²) in [4.78, 5) is 45.4. The highest BCUT2D eigenvalue weighted by molar-refractivity contribution is 6.10. The number of carbonyl (C=O) groups is 3. The molecule has 25 heavy (non-hydrogen) atoms. The molecule has 1 aromatic rings. The molecule has 1 saturated heterocycles. The molecule has 1 fully saturated rings. The molecule has 3 amide bonds. The second-order valence-electron chi connectivity index (χ2n) is 6.48. The predicted octanol–water partition coefficient (Wildman–Crippen LogP) is 1.83. The number of para-hydroxylation sites is 1. The summed E-state index contributed by atoms with van der Waals surface area (Å²) < 4.78 is 0. The van der Waals surface area contributed by atoms with E-state index in [0.717, 1.165) is 0 Å². The van der Waals surface area contributed by atoms with Crippen LogP contribution in [0.5, 0.6) is 0 Å². The molecule has 1 atom stereocenters. The molecule has 7 nitrogen and oxygen atoms in total. The summed E-state index contributed by atoms with van der Waals surface area (Å²) in [6.07, 6.45) is 1.77. The third-order valence-corrected chi connectivity index (χ3v) is 4.86. The zero-order valence-corrected chi connectivity index (χ0v) is 14.6. The fourth-order valence-corrected chi connectivity index (χ4v) is 3.64. The van der Waals surface area contributed by atoms with Gasteiger partial charge in [0.2, 0.25) is 11.8 Å². The number of rotatable bonds is 6. The number of nitrogens with zero attached hydrogens (tertiary/aromatic N) is 2. The fraction of sp³-hybridized carbons (Fsp3) is 0.500. The first-order chi connectivity index (χ1) is 12.0. The van der Waals surface area contributed by atoms with Gasteiger partial charge in [0.05, 0.1) is 17.9 Å². The summed E-state index contributed by atoms with van der Waals surface area (Å²) >= 11 is 0. The van der Waals surface area contributed by atoms with Crippen LogP contribution in [0.25, 0.3) is 0 Å². The normalized spacial score (nSPS) is 22.0. The molecule has 0 spiro atoms. The van der Waals surface area contributed by atoms with Crippen LogP contribution < -0.4 is 10.4 Å². The van der Waals surface area contributed by atoms with Gasteiger partial charge in [-0.2, -0.15) is 0 Å². The first-order valence-corrected chi connectivity index (χ1v) is 8.63. The Hall–Kier alpha value is -2.41. The maximum atomic E-state index is 13.0. The maximum Gasteiger partial charge on any atom is 0.257 e. The summed E-state index contributed by atoms with van der Waals surface area (Å²) in [6, 6.07) is 7.21. The van der Waals surface area contributed by atoms with Crippen LogP contribution in [0.3, 0.4) is 0 Å². The number of carbonyl (C=O) groups excluding carboxylic acids is 3. The molecule has 1 N–H and O–H groups in total. The van der Waals surface area contributed by atoms with E-state index in [0.29, 0.717) is 43.7 Å². The SMILES string of the molecule is CCONC(=O)CCCN1C(=O)c2ccccc2N2C(=O)CC[C@]12C. The highest BCUT2D eigenvalue weighted by Crippen LogP contribution is 2.43. The lowest BCUT2D eigenvalue weighted by molar-refractivity contribution is -0.133. The highest BCUT2D eigenvalue weighted by atomic mass is 16.6. The molecule has 2 aliphatic rings. The number of amides is 3. The van der Waals surface area contributed by atoms with Crippen molar-refractivity contribution in [2.24, 2.45) is 0 Å². The summed E-state index contributed by atoms with van der Waals surface area (Å²) in [5.41, 5.74) is 2.90. The monoisotopic (exact) mass is 345 g/mol. The van der Waals surface area contributed by atoms with Crippen molar-refractivity contribution in [1.82, 2.24) is 10.4 Å². The van der Waals surface area contributed by atoms with E-state index in [1.54, 1.807) is 28.9 Å². The molecule has 0 aromatic heterocycles. The van der Waals surface area contributed by atoms with Gasteiger partial charge >= 0.3 is 0 Å². The van der Waals surface area contributed by atoms with Crippen molar-refractivity contribution in [2.45, 2.75) is 45.2 Å². The number of nitrogens with one attached hydrogen (secondary N) is 1. The summed E-state index contributed by atoms with van der Waals surface area (Å²) in [5, 5.41) is 0. The molecule has 134 valence electrons. The van der Waals surface area contributed by atoms with E-state index in [1.165, 1.54) is 0 Å². The van der Waals surface area contributed by atoms with Gasteiger partial charge in [0.15, 0.2) is 0 Å². The topological polar surface area (TPSA) is 79.0 Å². The zero-order valence-electron chi connectivity index (χ0n) is 14.6. The number of hydrogen-bond acceptors (Lipinski definition) is 4. The molecular weight excluding hydrogens is 322 g/mol. The average Bonchev–Trinajstić information content (AvgIpc) is 2.92. The minimum atomic E-state index is -0.668. The van der Waals surface area contributed by atoms with Gasteiger partial charge in [-0.05, 0) is 38.8 Å². The highest BCUT2D eigenvalue weighted by Gasteiger charge is 2.52. The van der Waals surface area contributed by atoms with Crippen molar-refractivity contribution in [3.05, 3.63) is 29.8 Å². The number of hydroxylamine groups is 1. The third-order valence-electron chi connectivity index (χ3n) is 4.86. The van der Waals surface area contributed by atoms with E-state index in [9.17, 15) is 14.4 Å². The van der Waals surface area contributed by atoms with Gasteiger partial charge in [-0.15, -0.1) is 0 Å². The van der Waals surface area contributed by atoms with E-state index in [1.807, 2.05) is 19.1 Å². The standard InChI is InChI=1S/C18H23N3O4/c1-3-25-19-15(22)9-6-12-20-17(24)13-7-4-5-8-14(13)21-16(23)10-11-18(20,21)2/h4-5,7-8H,3,6,9-12H2,1-2H3,(H,19,22)/t18-/m1/s1. The Kier molecular flexibility index (Phi) is 4.76. The molecule has 0 saturated carbocycles. The molecule has 2 aliphatic heterocycles. The van der Waals surface area contributed by atoms with Gasteiger partial charge in [-0.3, -0.25) is 24.1 Å². The van der Waals surface area contributed by atoms with Crippen molar-refractivity contribution < 1.29 is 19.2 Å². The second kappa shape index (κ2) is 6.84. The van der Waals surface area contributed by atoms with Gasteiger partial charge < -0.3 is 4.90 Å². The Labute approximate surface area is 146 Å². The molecule has 0 unspecified atom stereocenters. The predicted molar refractivity (Wildman–Crippen MR) is 91.6 cm³/mol. The Bertz CT molecular complexity index is 705. The Balaban J connectivity index is 1.79. The zero-order chi connectivity index (χ0) is 18.0. The van der Waals surface area contributed by atoms with Crippen molar-refractivity contribution in [3.8, 4) is 0 Å². The fourth-order valence-electron chi connectivity index (χ4n) is 3.64. The molecule has 7 heteroatoms. The number of anilines is 1. The summed E-state index contributed by atoms with van der Waals surface area (Å²) in [5.74, 6) is -0.271. The van der Waals surface area contributed by atoms with Crippen LogP contribution in [0.2, 0.25) is 0 Å². The molecular formula is C18H23N3O4. The van der Waals surface area contributed by atoms with E-state index in [-0.39, 0.29) is 24.1 Å². The number of hydrogen-bond donors (Lipinski definition) is 1. The first-order valence-electron chi connectivity index (χ1n) is 8.63. The van der Waals surface area contributed by atoms with Crippen LogP contribution in [-0.4, -0.2) is 41.4 Å². The second-order valence-corrected chi connectivity index (χ2v) is 6.48. The maximum absolute atomic E-state index is 13.0. The first kappa shape index (κ1) is 17.4. The summed E-state index contributed by atoms with van der Waals surface area (Å²) in [6.45, 7) is 4.53. The molecule has 0 aliphatic carbocycles. The average molecular weight is 345 g/mol. The Morgan fingerprint density at radius 3 is 2.84 bits per heavy atom. The van der Waals surface area contributed by atoms with Gasteiger partial charge in [0.1, 0.15) is 5.66 Å². The van der Waals surface area contributed by atoms with Gasteiger partial charge in [0, 0.05) is 19.4 Å². The Morgan fingerprint density at radius 1 is 1.32 bits per heavy atom. The van der Waals surface area contributed by atoms with Crippen molar-refractivity contribution in [1.29, 1.82) is 0 Å². The van der Waals surface area contributed by atoms with Gasteiger partial charge in [-0.25, -0.2) is 5.48 Å². The molecule has 2 heterocycles. The van der Waals surface area contributed by atoms with Gasteiger partial charge in [-0.1, -0.05) is 12.1 Å². The molecule has 0 bridgehead atoms. The van der Waals surface area contributed by atoms with E-state index >= 15 is 0 Å². The van der Waals surface area contributed by atoms with Crippen LogP contribution in [0.4, 0.5) is 5.69 Å². The lowest BCUT2D eigenvalue weighted by atomic mass is 9.98. The van der Waals surface area contributed by atoms with Crippen LogP contribution in [0.15, 0.2) is 24.3 Å². The number of benzene rings is 1. The van der Waals surface area contributed by atoms with Crippen molar-refractivity contribution in [3.63, 3.8) is 0 Å².